The normalized spacial score (nSPS) is 12.4. The zero-order valence-corrected chi connectivity index (χ0v) is 13.6. The molecule has 1 unspecified atom stereocenters. The minimum absolute atomic E-state index is 0.116. The Bertz CT molecular complexity index is 593. The first-order valence-electron chi connectivity index (χ1n) is 6.63. The molecule has 0 aliphatic heterocycles. The van der Waals surface area contributed by atoms with Gasteiger partial charge in [-0.1, -0.05) is 18.2 Å². The number of halogens is 1. The lowest BCUT2D eigenvalue weighted by molar-refractivity contribution is 0.290. The minimum Gasteiger partial charge on any atom is -0.487 e. The Labute approximate surface area is 128 Å². The van der Waals surface area contributed by atoms with Crippen molar-refractivity contribution >= 4 is 15.9 Å². The van der Waals surface area contributed by atoms with E-state index in [4.69, 9.17) is 10.5 Å². The third-order valence-electron chi connectivity index (χ3n) is 3.14. The summed E-state index contributed by atoms with van der Waals surface area (Å²) in [5, 5.41) is 4.36. The van der Waals surface area contributed by atoms with Gasteiger partial charge in [0, 0.05) is 13.1 Å². The van der Waals surface area contributed by atoms with Crippen molar-refractivity contribution in [3.63, 3.8) is 0 Å². The highest BCUT2D eigenvalue weighted by molar-refractivity contribution is 9.10. The molecule has 2 N–H and O–H groups in total. The average molecular weight is 338 g/mol. The number of rotatable bonds is 5. The summed E-state index contributed by atoms with van der Waals surface area (Å²) in [6.07, 6.45) is 0.807. The van der Waals surface area contributed by atoms with Crippen LogP contribution >= 0.6 is 15.9 Å². The second-order valence-corrected chi connectivity index (χ2v) is 5.84. The molecule has 2 rings (SSSR count). The largest absolute Gasteiger partial charge is 0.487 e. The van der Waals surface area contributed by atoms with Crippen molar-refractivity contribution in [1.29, 1.82) is 0 Å². The molecule has 0 fully saturated rings. The third-order valence-corrected chi connectivity index (χ3v) is 4.17. The molecule has 1 aromatic carbocycles. The van der Waals surface area contributed by atoms with Crippen LogP contribution in [0, 0.1) is 6.92 Å². The van der Waals surface area contributed by atoms with Crippen molar-refractivity contribution in [2.24, 2.45) is 12.8 Å². The van der Waals surface area contributed by atoms with Gasteiger partial charge in [0.2, 0.25) is 0 Å². The van der Waals surface area contributed by atoms with Gasteiger partial charge in [-0.25, -0.2) is 0 Å². The fourth-order valence-electron chi connectivity index (χ4n) is 2.14. The van der Waals surface area contributed by atoms with Crippen LogP contribution in [-0.4, -0.2) is 15.8 Å². The van der Waals surface area contributed by atoms with Gasteiger partial charge in [-0.2, -0.15) is 5.10 Å². The molecule has 5 heteroatoms. The van der Waals surface area contributed by atoms with E-state index in [2.05, 4.69) is 27.1 Å². The molecule has 2 aromatic rings. The number of nitrogens with two attached hydrogens (primary N) is 1. The smallest absolute Gasteiger partial charge is 0.131 e. The second-order valence-electron chi connectivity index (χ2n) is 5.05. The zero-order valence-electron chi connectivity index (χ0n) is 12.1. The number of benzene rings is 1. The molecule has 0 spiro atoms. The lowest BCUT2D eigenvalue weighted by Crippen LogP contribution is -2.18. The SMILES string of the molecule is Cc1nn(C)c(COc2ccccc2CC(C)N)c1Br. The number of para-hydroxylation sites is 1. The number of nitrogens with zero attached hydrogens (tertiary/aromatic N) is 2. The van der Waals surface area contributed by atoms with Crippen LogP contribution in [0.4, 0.5) is 0 Å². The summed E-state index contributed by atoms with van der Waals surface area (Å²) in [4.78, 5) is 0. The molecule has 0 radical (unpaired) electrons. The Balaban J connectivity index is 2.15. The summed E-state index contributed by atoms with van der Waals surface area (Å²) in [6.45, 7) is 4.45. The van der Waals surface area contributed by atoms with E-state index in [1.54, 1.807) is 0 Å². The van der Waals surface area contributed by atoms with E-state index >= 15 is 0 Å². The maximum Gasteiger partial charge on any atom is 0.131 e. The Morgan fingerprint density at radius 1 is 1.40 bits per heavy atom. The van der Waals surface area contributed by atoms with Crippen molar-refractivity contribution in [3.05, 3.63) is 45.7 Å². The zero-order chi connectivity index (χ0) is 14.7. The molecule has 0 saturated heterocycles. The predicted octanol–water partition coefficient (Wildman–Crippen LogP) is 2.96. The molecule has 20 heavy (non-hydrogen) atoms. The van der Waals surface area contributed by atoms with Crippen LogP contribution in [0.1, 0.15) is 23.9 Å². The molecule has 0 aliphatic carbocycles. The molecule has 1 aromatic heterocycles. The van der Waals surface area contributed by atoms with Crippen molar-refractivity contribution < 1.29 is 4.74 Å². The molecule has 1 atom stereocenters. The monoisotopic (exact) mass is 337 g/mol. The first kappa shape index (κ1) is 15.1. The van der Waals surface area contributed by atoms with Gasteiger partial charge in [0.05, 0.1) is 15.9 Å². The minimum atomic E-state index is 0.116. The van der Waals surface area contributed by atoms with E-state index in [1.807, 2.05) is 43.8 Å². The van der Waals surface area contributed by atoms with Gasteiger partial charge in [-0.15, -0.1) is 0 Å². The standard InChI is InChI=1S/C15H20BrN3O/c1-10(17)8-12-6-4-5-7-14(12)20-9-13-15(16)11(2)18-19(13)3/h4-7,10H,8-9,17H2,1-3H3. The Morgan fingerprint density at radius 2 is 2.10 bits per heavy atom. The molecule has 0 amide bonds. The summed E-state index contributed by atoms with van der Waals surface area (Å²) in [5.41, 5.74) is 9.01. The molecule has 0 saturated carbocycles. The van der Waals surface area contributed by atoms with E-state index in [0.717, 1.165) is 33.6 Å². The van der Waals surface area contributed by atoms with Crippen LogP contribution in [0.2, 0.25) is 0 Å². The number of aromatic nitrogens is 2. The van der Waals surface area contributed by atoms with E-state index in [1.165, 1.54) is 0 Å². The first-order valence-corrected chi connectivity index (χ1v) is 7.42. The molecular formula is C15H20BrN3O. The number of hydrogen-bond acceptors (Lipinski definition) is 3. The summed E-state index contributed by atoms with van der Waals surface area (Å²) >= 11 is 3.55. The van der Waals surface area contributed by atoms with Crippen molar-refractivity contribution in [1.82, 2.24) is 9.78 Å². The second kappa shape index (κ2) is 6.41. The van der Waals surface area contributed by atoms with E-state index in [9.17, 15) is 0 Å². The van der Waals surface area contributed by atoms with Crippen LogP contribution in [0.25, 0.3) is 0 Å². The van der Waals surface area contributed by atoms with Gasteiger partial charge in [-0.05, 0) is 47.8 Å². The summed E-state index contributed by atoms with van der Waals surface area (Å²) in [6, 6.07) is 8.14. The van der Waals surface area contributed by atoms with Crippen molar-refractivity contribution in [2.45, 2.75) is 32.9 Å². The summed E-state index contributed by atoms with van der Waals surface area (Å²) < 4.78 is 8.80. The van der Waals surface area contributed by atoms with Crippen molar-refractivity contribution in [2.75, 3.05) is 0 Å². The third kappa shape index (κ3) is 3.41. The Hall–Kier alpha value is -1.33. The first-order chi connectivity index (χ1) is 9.49. The number of hydrogen-bond donors (Lipinski definition) is 1. The molecule has 1 heterocycles. The topological polar surface area (TPSA) is 53.1 Å². The van der Waals surface area contributed by atoms with Gasteiger partial charge in [0.25, 0.3) is 0 Å². The van der Waals surface area contributed by atoms with E-state index in [0.29, 0.717) is 6.61 Å². The predicted molar refractivity (Wildman–Crippen MR) is 83.8 cm³/mol. The van der Waals surface area contributed by atoms with Crippen LogP contribution in [0.15, 0.2) is 28.7 Å². The molecule has 4 nitrogen and oxygen atoms in total. The molecule has 0 bridgehead atoms. The highest BCUT2D eigenvalue weighted by Crippen LogP contribution is 2.24. The fourth-order valence-corrected chi connectivity index (χ4v) is 2.59. The highest BCUT2D eigenvalue weighted by Gasteiger charge is 2.12. The maximum absolute atomic E-state index is 5.95. The molecule has 108 valence electrons. The van der Waals surface area contributed by atoms with Gasteiger partial charge in [-0.3, -0.25) is 4.68 Å². The van der Waals surface area contributed by atoms with Crippen LogP contribution < -0.4 is 10.5 Å². The number of aryl methyl sites for hydroxylation is 2. The van der Waals surface area contributed by atoms with Gasteiger partial charge >= 0.3 is 0 Å². The van der Waals surface area contributed by atoms with Crippen LogP contribution in [0.3, 0.4) is 0 Å². The maximum atomic E-state index is 5.95. The Kier molecular flexibility index (Phi) is 4.83. The van der Waals surface area contributed by atoms with E-state index in [-0.39, 0.29) is 6.04 Å². The van der Waals surface area contributed by atoms with Gasteiger partial charge < -0.3 is 10.5 Å². The molecular weight excluding hydrogens is 318 g/mol. The van der Waals surface area contributed by atoms with Crippen LogP contribution in [0.5, 0.6) is 5.75 Å². The van der Waals surface area contributed by atoms with Crippen LogP contribution in [-0.2, 0) is 20.1 Å². The van der Waals surface area contributed by atoms with E-state index < -0.39 is 0 Å². The highest BCUT2D eigenvalue weighted by atomic mass is 79.9. The summed E-state index contributed by atoms with van der Waals surface area (Å²) in [7, 11) is 1.92. The van der Waals surface area contributed by atoms with Gasteiger partial charge in [0.15, 0.2) is 0 Å². The average Bonchev–Trinajstić information content (AvgIpc) is 2.62. The lowest BCUT2D eigenvalue weighted by atomic mass is 10.1. The van der Waals surface area contributed by atoms with Crippen molar-refractivity contribution in [3.8, 4) is 5.75 Å². The molecule has 0 aliphatic rings. The quantitative estimate of drug-likeness (QED) is 0.912. The fraction of sp³-hybridized carbons (Fsp3) is 0.400. The summed E-state index contributed by atoms with van der Waals surface area (Å²) in [5.74, 6) is 0.885. The number of ether oxygens (including phenoxy) is 1. The van der Waals surface area contributed by atoms with Gasteiger partial charge in [0.1, 0.15) is 12.4 Å². The Morgan fingerprint density at radius 3 is 2.70 bits per heavy atom. The lowest BCUT2D eigenvalue weighted by Gasteiger charge is -2.13.